The Labute approximate surface area is 80.0 Å². The molecule has 0 saturated heterocycles. The van der Waals surface area contributed by atoms with Crippen molar-refractivity contribution in [2.45, 2.75) is 0 Å². The molecule has 0 atom stereocenters. The third-order valence-corrected chi connectivity index (χ3v) is 1.90. The minimum absolute atomic E-state index is 0.325. The smallest absolute Gasteiger partial charge is 0.164 e. The monoisotopic (exact) mass is 194 g/mol. The Morgan fingerprint density at radius 3 is 2.85 bits per heavy atom. The number of pyridine rings is 1. The maximum Gasteiger partial charge on any atom is 0.164 e. The molecule has 2 heterocycles. The lowest BCUT2D eigenvalue weighted by atomic mass is 10.4. The van der Waals surface area contributed by atoms with Crippen LogP contribution in [0.25, 0.3) is 5.69 Å². The number of hydrogen-bond acceptors (Lipinski definition) is 3. The number of aromatic nitrogens is 3. The molecule has 0 amide bonds. The van der Waals surface area contributed by atoms with Crippen LogP contribution in [-0.2, 0) is 0 Å². The van der Waals surface area contributed by atoms with Crippen LogP contribution in [0, 0.1) is 0 Å². The Morgan fingerprint density at radius 1 is 1.46 bits per heavy atom. The fourth-order valence-electron chi connectivity index (χ4n) is 0.988. The third kappa shape index (κ3) is 1.48. The van der Waals surface area contributed by atoms with Crippen LogP contribution < -0.4 is 5.73 Å². The molecular weight excluding hydrogens is 188 g/mol. The van der Waals surface area contributed by atoms with Gasteiger partial charge in [-0.25, -0.2) is 4.68 Å². The zero-order valence-corrected chi connectivity index (χ0v) is 7.44. The maximum atomic E-state index is 5.75. The number of nitrogens with zero attached hydrogens (tertiary/aromatic N) is 3. The number of halogens is 1. The molecule has 0 aliphatic rings. The largest absolute Gasteiger partial charge is 0.381 e. The van der Waals surface area contributed by atoms with Crippen molar-refractivity contribution in [3.8, 4) is 5.69 Å². The molecule has 5 heteroatoms. The molecule has 0 aliphatic carbocycles. The summed E-state index contributed by atoms with van der Waals surface area (Å²) >= 11 is 5.75. The van der Waals surface area contributed by atoms with E-state index in [-0.39, 0.29) is 0 Å². The third-order valence-electron chi connectivity index (χ3n) is 1.61. The highest BCUT2D eigenvalue weighted by atomic mass is 35.5. The first kappa shape index (κ1) is 8.07. The Hall–Kier alpha value is -1.55. The summed E-state index contributed by atoms with van der Waals surface area (Å²) < 4.78 is 1.59. The zero-order chi connectivity index (χ0) is 9.26. The van der Waals surface area contributed by atoms with Gasteiger partial charge in [-0.3, -0.25) is 4.98 Å². The van der Waals surface area contributed by atoms with E-state index < -0.39 is 0 Å². The van der Waals surface area contributed by atoms with Gasteiger partial charge in [0.05, 0.1) is 18.1 Å². The van der Waals surface area contributed by atoms with Crippen molar-refractivity contribution in [2.75, 3.05) is 5.73 Å². The summed E-state index contributed by atoms with van der Waals surface area (Å²) in [6.45, 7) is 0. The highest BCUT2D eigenvalue weighted by molar-refractivity contribution is 6.32. The van der Waals surface area contributed by atoms with Gasteiger partial charge in [0.1, 0.15) is 5.02 Å². The van der Waals surface area contributed by atoms with E-state index in [1.165, 1.54) is 0 Å². The highest BCUT2D eigenvalue weighted by Crippen LogP contribution is 2.17. The molecule has 0 fully saturated rings. The van der Waals surface area contributed by atoms with Gasteiger partial charge in [-0.1, -0.05) is 11.6 Å². The normalized spacial score (nSPS) is 10.2. The molecule has 4 nitrogen and oxygen atoms in total. The van der Waals surface area contributed by atoms with Gasteiger partial charge in [-0.15, -0.1) is 5.10 Å². The van der Waals surface area contributed by atoms with E-state index in [9.17, 15) is 0 Å². The zero-order valence-electron chi connectivity index (χ0n) is 6.68. The molecule has 13 heavy (non-hydrogen) atoms. The summed E-state index contributed by atoms with van der Waals surface area (Å²) in [5, 5.41) is 4.45. The van der Waals surface area contributed by atoms with Crippen molar-refractivity contribution in [3.63, 3.8) is 0 Å². The number of anilines is 1. The van der Waals surface area contributed by atoms with E-state index in [0.717, 1.165) is 5.69 Å². The maximum absolute atomic E-state index is 5.75. The molecule has 2 N–H and O–H groups in total. The lowest BCUT2D eigenvalue weighted by Gasteiger charge is -1.97. The minimum Gasteiger partial charge on any atom is -0.381 e. The van der Waals surface area contributed by atoms with Crippen molar-refractivity contribution >= 4 is 17.4 Å². The lowest BCUT2D eigenvalue weighted by Crippen LogP contribution is -1.96. The lowest BCUT2D eigenvalue weighted by molar-refractivity contribution is 0.879. The Kier molecular flexibility index (Phi) is 1.90. The molecule has 0 unspecified atom stereocenters. The molecule has 2 aromatic heterocycles. The topological polar surface area (TPSA) is 56.7 Å². The summed E-state index contributed by atoms with van der Waals surface area (Å²) in [5.41, 5.74) is 6.33. The van der Waals surface area contributed by atoms with Gasteiger partial charge in [0.2, 0.25) is 0 Å². The van der Waals surface area contributed by atoms with Crippen molar-refractivity contribution in [1.82, 2.24) is 14.8 Å². The van der Waals surface area contributed by atoms with Crippen LogP contribution in [0.4, 0.5) is 5.82 Å². The van der Waals surface area contributed by atoms with Crippen LogP contribution in [-0.4, -0.2) is 14.8 Å². The van der Waals surface area contributed by atoms with Crippen LogP contribution in [0.2, 0.25) is 5.02 Å². The predicted octanol–water partition coefficient (Wildman–Crippen LogP) is 1.50. The Balaban J connectivity index is 2.48. The van der Waals surface area contributed by atoms with Crippen LogP contribution >= 0.6 is 11.6 Å². The number of nitrogens with two attached hydrogens (primary N) is 1. The molecule has 0 radical (unpaired) electrons. The number of rotatable bonds is 1. The number of hydrogen-bond donors (Lipinski definition) is 1. The van der Waals surface area contributed by atoms with Crippen molar-refractivity contribution in [3.05, 3.63) is 35.7 Å². The van der Waals surface area contributed by atoms with Crippen LogP contribution in [0.1, 0.15) is 0 Å². The van der Waals surface area contributed by atoms with Crippen LogP contribution in [0.15, 0.2) is 30.7 Å². The van der Waals surface area contributed by atoms with Crippen molar-refractivity contribution < 1.29 is 0 Å². The second kappa shape index (κ2) is 3.06. The summed E-state index contributed by atoms with van der Waals surface area (Å²) in [7, 11) is 0. The summed E-state index contributed by atoms with van der Waals surface area (Å²) in [4.78, 5) is 3.96. The highest BCUT2D eigenvalue weighted by Gasteiger charge is 2.03. The Bertz CT molecular complexity index is 390. The van der Waals surface area contributed by atoms with Gasteiger partial charge in [0, 0.05) is 6.20 Å². The SMILES string of the molecule is Nc1nn(-c2cccnc2)cc1Cl. The quantitative estimate of drug-likeness (QED) is 0.749. The first-order valence-corrected chi connectivity index (χ1v) is 4.06. The Morgan fingerprint density at radius 2 is 2.31 bits per heavy atom. The van der Waals surface area contributed by atoms with Crippen molar-refractivity contribution in [1.29, 1.82) is 0 Å². The molecule has 0 bridgehead atoms. The van der Waals surface area contributed by atoms with E-state index in [0.29, 0.717) is 10.8 Å². The van der Waals surface area contributed by atoms with E-state index in [4.69, 9.17) is 17.3 Å². The fraction of sp³-hybridized carbons (Fsp3) is 0. The van der Waals surface area contributed by atoms with Gasteiger partial charge in [-0.2, -0.15) is 0 Å². The standard InChI is InChI=1S/C8H7ClN4/c9-7-5-13(12-8(7)10)6-2-1-3-11-4-6/h1-5H,(H2,10,12). The first-order valence-electron chi connectivity index (χ1n) is 3.68. The average molecular weight is 195 g/mol. The van der Waals surface area contributed by atoms with Crippen LogP contribution in [0.3, 0.4) is 0 Å². The summed E-state index contributed by atoms with van der Waals surface area (Å²) in [6.07, 6.45) is 5.02. The van der Waals surface area contributed by atoms with E-state index in [1.807, 2.05) is 12.1 Å². The van der Waals surface area contributed by atoms with Gasteiger partial charge in [-0.05, 0) is 12.1 Å². The second-order valence-corrected chi connectivity index (χ2v) is 2.93. The molecule has 66 valence electrons. The van der Waals surface area contributed by atoms with Gasteiger partial charge < -0.3 is 5.73 Å². The number of nitrogen functional groups attached to an aromatic ring is 1. The van der Waals surface area contributed by atoms with Crippen molar-refractivity contribution in [2.24, 2.45) is 0 Å². The van der Waals surface area contributed by atoms with E-state index in [1.54, 1.807) is 23.3 Å². The molecule has 0 spiro atoms. The average Bonchev–Trinajstić information content (AvgIpc) is 2.49. The molecule has 0 saturated carbocycles. The van der Waals surface area contributed by atoms with Crippen LogP contribution in [0.5, 0.6) is 0 Å². The van der Waals surface area contributed by atoms with E-state index in [2.05, 4.69) is 10.1 Å². The van der Waals surface area contributed by atoms with E-state index >= 15 is 0 Å². The summed E-state index contributed by atoms with van der Waals surface area (Å²) in [6, 6.07) is 3.69. The molecular formula is C8H7ClN4. The molecule has 2 aromatic rings. The van der Waals surface area contributed by atoms with Gasteiger partial charge in [0.15, 0.2) is 5.82 Å². The van der Waals surface area contributed by atoms with Gasteiger partial charge in [0.25, 0.3) is 0 Å². The minimum atomic E-state index is 0.325. The molecule has 2 rings (SSSR count). The second-order valence-electron chi connectivity index (χ2n) is 2.52. The summed E-state index contributed by atoms with van der Waals surface area (Å²) in [5.74, 6) is 0.325. The molecule has 0 aromatic carbocycles. The molecule has 0 aliphatic heterocycles. The first-order chi connectivity index (χ1) is 6.27. The predicted molar refractivity (Wildman–Crippen MR) is 50.8 cm³/mol. The fourth-order valence-corrected chi connectivity index (χ4v) is 1.12. The van der Waals surface area contributed by atoms with Gasteiger partial charge >= 0.3 is 0 Å².